The number of carbonyl (C=O) groups is 1. The Labute approximate surface area is 208 Å². The van der Waals surface area contributed by atoms with Crippen LogP contribution in [0, 0.1) is 0 Å². The quantitative estimate of drug-likeness (QED) is 0.480. The minimum Gasteiger partial charge on any atom is -0.494 e. The van der Waals surface area contributed by atoms with Gasteiger partial charge in [-0.3, -0.25) is 14.7 Å². The van der Waals surface area contributed by atoms with Gasteiger partial charge in [-0.25, -0.2) is 4.98 Å². The lowest BCUT2D eigenvalue weighted by molar-refractivity contribution is -0.113. The van der Waals surface area contributed by atoms with Gasteiger partial charge in [0.1, 0.15) is 17.1 Å². The number of anilines is 2. The average molecular weight is 499 g/mol. The number of methoxy groups -OCH3 is 1. The number of benzene rings is 1. The molecule has 1 fully saturated rings. The van der Waals surface area contributed by atoms with E-state index in [-0.39, 0.29) is 5.91 Å². The van der Waals surface area contributed by atoms with Crippen molar-refractivity contribution in [2.45, 2.75) is 11.4 Å². The number of thioether (sulfide) groups is 1. The maximum atomic E-state index is 11.6. The van der Waals surface area contributed by atoms with Crippen LogP contribution in [0.1, 0.15) is 5.69 Å². The molecule has 2 aliphatic heterocycles. The minimum absolute atomic E-state index is 0.00874. The standard InChI is InChI=1S/C24H27ClN6O2S/c1-33-19-4-2-3-17-22(19)27-14-18(25)23(17)31-11-9-30(10-12-31)8-7-26-13-16-5-6-20-24(28-16)29-21(32)15-34-20/h2-6,14,26H,7-13,15H2,1H3,(H,28,29,32). The molecule has 0 bridgehead atoms. The van der Waals surface area contributed by atoms with Crippen molar-refractivity contribution < 1.29 is 9.53 Å². The van der Waals surface area contributed by atoms with E-state index in [0.29, 0.717) is 23.1 Å². The number of para-hydroxylation sites is 1. The summed E-state index contributed by atoms with van der Waals surface area (Å²) in [5.74, 6) is 1.90. The number of nitrogens with zero attached hydrogens (tertiary/aromatic N) is 4. The summed E-state index contributed by atoms with van der Waals surface area (Å²) in [6.07, 6.45) is 1.72. The van der Waals surface area contributed by atoms with Crippen LogP contribution in [-0.2, 0) is 11.3 Å². The smallest absolute Gasteiger partial charge is 0.235 e. The highest BCUT2D eigenvalue weighted by Gasteiger charge is 2.22. The number of aromatic nitrogens is 2. The molecule has 0 radical (unpaired) electrons. The van der Waals surface area contributed by atoms with Crippen LogP contribution in [0.4, 0.5) is 11.5 Å². The zero-order valence-electron chi connectivity index (χ0n) is 19.0. The fourth-order valence-electron chi connectivity index (χ4n) is 4.40. The molecule has 178 valence electrons. The van der Waals surface area contributed by atoms with Gasteiger partial charge >= 0.3 is 0 Å². The number of carbonyl (C=O) groups excluding carboxylic acids is 1. The van der Waals surface area contributed by atoms with E-state index in [2.05, 4.69) is 36.5 Å². The number of amides is 1. The van der Waals surface area contributed by atoms with Gasteiger partial charge in [0.05, 0.1) is 34.2 Å². The lowest BCUT2D eigenvalue weighted by atomic mass is 10.1. The summed E-state index contributed by atoms with van der Waals surface area (Å²) in [5.41, 5.74) is 2.80. The third kappa shape index (κ3) is 4.93. The van der Waals surface area contributed by atoms with Gasteiger partial charge in [0, 0.05) is 57.4 Å². The minimum atomic E-state index is 0.00874. The van der Waals surface area contributed by atoms with E-state index in [1.807, 2.05) is 24.3 Å². The first kappa shape index (κ1) is 23.2. The van der Waals surface area contributed by atoms with Crippen molar-refractivity contribution in [2.24, 2.45) is 0 Å². The van der Waals surface area contributed by atoms with Crippen molar-refractivity contribution in [1.82, 2.24) is 20.2 Å². The van der Waals surface area contributed by atoms with Crippen LogP contribution in [-0.4, -0.2) is 72.9 Å². The van der Waals surface area contributed by atoms with Crippen LogP contribution in [0.15, 0.2) is 41.4 Å². The first-order valence-corrected chi connectivity index (χ1v) is 12.7. The number of hydrogen-bond acceptors (Lipinski definition) is 8. The first-order chi connectivity index (χ1) is 16.6. The highest BCUT2D eigenvalue weighted by Crippen LogP contribution is 2.37. The molecule has 2 aliphatic rings. The van der Waals surface area contributed by atoms with Crippen LogP contribution >= 0.6 is 23.4 Å². The Morgan fingerprint density at radius 3 is 2.88 bits per heavy atom. The van der Waals surface area contributed by atoms with E-state index in [1.54, 1.807) is 13.3 Å². The van der Waals surface area contributed by atoms with Crippen molar-refractivity contribution in [3.8, 4) is 5.75 Å². The number of rotatable bonds is 7. The molecule has 2 N–H and O–H groups in total. The third-order valence-corrected chi connectivity index (χ3v) is 7.46. The number of pyridine rings is 2. The van der Waals surface area contributed by atoms with Gasteiger partial charge in [-0.2, -0.15) is 0 Å². The van der Waals surface area contributed by atoms with Crippen LogP contribution in [0.25, 0.3) is 10.9 Å². The number of ether oxygens (including phenoxy) is 1. The molecule has 10 heteroatoms. The van der Waals surface area contributed by atoms with Gasteiger partial charge in [-0.1, -0.05) is 23.7 Å². The monoisotopic (exact) mass is 498 g/mol. The Hall–Kier alpha value is -2.59. The van der Waals surface area contributed by atoms with Gasteiger partial charge in [0.25, 0.3) is 0 Å². The Kier molecular flexibility index (Phi) is 7.05. The topological polar surface area (TPSA) is 82.6 Å². The molecule has 5 rings (SSSR count). The lowest BCUT2D eigenvalue weighted by Crippen LogP contribution is -2.48. The Morgan fingerprint density at radius 1 is 1.21 bits per heavy atom. The average Bonchev–Trinajstić information content (AvgIpc) is 2.86. The number of halogens is 1. The Balaban J connectivity index is 1.13. The molecule has 2 aromatic heterocycles. The molecule has 0 atom stereocenters. The van der Waals surface area contributed by atoms with E-state index in [0.717, 1.165) is 72.2 Å². The number of fused-ring (bicyclic) bond motifs is 2. The van der Waals surface area contributed by atoms with Crippen molar-refractivity contribution in [3.63, 3.8) is 0 Å². The van der Waals surface area contributed by atoms with Crippen LogP contribution in [0.2, 0.25) is 5.02 Å². The Morgan fingerprint density at radius 2 is 2.06 bits per heavy atom. The molecule has 1 aromatic carbocycles. The molecule has 0 aliphatic carbocycles. The van der Waals surface area contributed by atoms with Crippen LogP contribution in [0.5, 0.6) is 5.75 Å². The molecular formula is C24H27ClN6O2S. The van der Waals surface area contributed by atoms with E-state index < -0.39 is 0 Å². The maximum Gasteiger partial charge on any atom is 0.235 e. The molecule has 4 heterocycles. The van der Waals surface area contributed by atoms with Crippen molar-refractivity contribution in [2.75, 3.05) is 62.3 Å². The fourth-order valence-corrected chi connectivity index (χ4v) is 5.42. The van der Waals surface area contributed by atoms with Gasteiger partial charge < -0.3 is 20.3 Å². The van der Waals surface area contributed by atoms with Crippen LogP contribution in [0.3, 0.4) is 0 Å². The second-order valence-corrected chi connectivity index (χ2v) is 9.73. The second kappa shape index (κ2) is 10.4. The highest BCUT2D eigenvalue weighted by molar-refractivity contribution is 8.00. The lowest BCUT2D eigenvalue weighted by Gasteiger charge is -2.37. The van der Waals surface area contributed by atoms with Crippen molar-refractivity contribution in [3.05, 3.63) is 47.2 Å². The van der Waals surface area contributed by atoms with E-state index >= 15 is 0 Å². The second-order valence-electron chi connectivity index (χ2n) is 8.30. The predicted octanol–water partition coefficient (Wildman–Crippen LogP) is 3.25. The summed E-state index contributed by atoms with van der Waals surface area (Å²) in [6.45, 7) is 6.24. The summed E-state index contributed by atoms with van der Waals surface area (Å²) in [5, 5.41) is 8.02. The molecular weight excluding hydrogens is 472 g/mol. The first-order valence-electron chi connectivity index (χ1n) is 11.3. The van der Waals surface area contributed by atoms with Gasteiger partial charge in [-0.15, -0.1) is 11.8 Å². The van der Waals surface area contributed by atoms with Gasteiger partial charge in [0.2, 0.25) is 5.91 Å². The maximum absolute atomic E-state index is 11.6. The molecule has 8 nitrogen and oxygen atoms in total. The van der Waals surface area contributed by atoms with E-state index in [9.17, 15) is 4.79 Å². The molecule has 0 spiro atoms. The van der Waals surface area contributed by atoms with Crippen molar-refractivity contribution >= 4 is 51.7 Å². The predicted molar refractivity (Wildman–Crippen MR) is 137 cm³/mol. The molecule has 1 amide bonds. The number of nitrogens with one attached hydrogen (secondary N) is 2. The number of hydrogen-bond donors (Lipinski definition) is 2. The SMILES string of the molecule is COc1cccc2c(N3CCN(CCNCc4ccc5c(n4)NC(=O)CS5)CC3)c(Cl)cnc12. The normalized spacial score (nSPS) is 16.4. The zero-order chi connectivity index (χ0) is 23.5. The van der Waals surface area contributed by atoms with E-state index in [1.165, 1.54) is 11.8 Å². The molecule has 0 saturated carbocycles. The van der Waals surface area contributed by atoms with Crippen molar-refractivity contribution in [1.29, 1.82) is 0 Å². The molecule has 3 aromatic rings. The molecule has 1 saturated heterocycles. The number of piperazine rings is 1. The summed E-state index contributed by atoms with van der Waals surface area (Å²) >= 11 is 8.11. The molecule has 0 unspecified atom stereocenters. The fraction of sp³-hybridized carbons (Fsp3) is 0.375. The molecule has 34 heavy (non-hydrogen) atoms. The van der Waals surface area contributed by atoms with Gasteiger partial charge in [0.15, 0.2) is 0 Å². The third-order valence-electron chi connectivity index (χ3n) is 6.14. The summed E-state index contributed by atoms with van der Waals surface area (Å²) < 4.78 is 5.48. The van der Waals surface area contributed by atoms with E-state index in [4.69, 9.17) is 16.3 Å². The van der Waals surface area contributed by atoms with Gasteiger partial charge in [-0.05, 0) is 18.2 Å². The Bertz CT molecular complexity index is 1200. The summed E-state index contributed by atoms with van der Waals surface area (Å²) in [6, 6.07) is 10.0. The summed E-state index contributed by atoms with van der Waals surface area (Å²) in [4.78, 5) is 26.5. The van der Waals surface area contributed by atoms with Crippen LogP contribution < -0.4 is 20.3 Å². The summed E-state index contributed by atoms with van der Waals surface area (Å²) in [7, 11) is 1.66. The largest absolute Gasteiger partial charge is 0.494 e. The highest BCUT2D eigenvalue weighted by atomic mass is 35.5. The zero-order valence-corrected chi connectivity index (χ0v) is 20.6.